The second-order valence-corrected chi connectivity index (χ2v) is 4.36. The molecule has 0 spiro atoms. The Morgan fingerprint density at radius 2 is 2.40 bits per heavy atom. The highest BCUT2D eigenvalue weighted by Gasteiger charge is 2.30. The quantitative estimate of drug-likeness (QED) is 0.722. The number of hydrogen-bond acceptors (Lipinski definition) is 3. The smallest absolute Gasteiger partial charge is 0.215 e. The van der Waals surface area contributed by atoms with E-state index < -0.39 is 0 Å². The second-order valence-electron chi connectivity index (χ2n) is 4.36. The van der Waals surface area contributed by atoms with Crippen LogP contribution in [-0.4, -0.2) is 40.4 Å². The molecule has 82 valence electrons. The molecule has 0 bridgehead atoms. The Morgan fingerprint density at radius 1 is 1.53 bits per heavy atom. The third-order valence-electron chi connectivity index (χ3n) is 3.45. The highest BCUT2D eigenvalue weighted by molar-refractivity contribution is 5.25. The largest absolute Gasteiger partial charge is 0.476 e. The number of ether oxygens (including phenoxy) is 1. The number of nitrogens with zero attached hydrogens (tertiary/aromatic N) is 3. The van der Waals surface area contributed by atoms with Crippen molar-refractivity contribution in [1.82, 2.24) is 14.7 Å². The second kappa shape index (κ2) is 3.52. The minimum Gasteiger partial charge on any atom is -0.476 e. The lowest BCUT2D eigenvalue weighted by atomic mass is 10.1. The van der Waals surface area contributed by atoms with Crippen molar-refractivity contribution >= 4 is 0 Å². The van der Waals surface area contributed by atoms with E-state index in [9.17, 15) is 0 Å². The van der Waals surface area contributed by atoms with Crippen molar-refractivity contribution in [3.63, 3.8) is 0 Å². The van der Waals surface area contributed by atoms with E-state index in [-0.39, 0.29) is 0 Å². The number of likely N-dealkylation sites (tertiary alicyclic amines) is 1. The zero-order chi connectivity index (χ0) is 10.3. The Bertz CT molecular complexity index is 357. The van der Waals surface area contributed by atoms with E-state index in [1.807, 2.05) is 10.9 Å². The first kappa shape index (κ1) is 9.21. The number of hydrogen-bond donors (Lipinski definition) is 0. The molecule has 0 aliphatic carbocycles. The van der Waals surface area contributed by atoms with Crippen molar-refractivity contribution < 1.29 is 4.74 Å². The van der Waals surface area contributed by atoms with Gasteiger partial charge in [0.05, 0.1) is 18.8 Å². The monoisotopic (exact) mass is 207 g/mol. The van der Waals surface area contributed by atoms with Gasteiger partial charge in [-0.3, -0.25) is 4.90 Å². The van der Waals surface area contributed by atoms with E-state index in [2.05, 4.69) is 16.9 Å². The Balaban J connectivity index is 1.78. The van der Waals surface area contributed by atoms with Crippen LogP contribution in [0, 0.1) is 0 Å². The molecule has 2 aliphatic heterocycles. The van der Waals surface area contributed by atoms with Crippen molar-refractivity contribution in [3.8, 4) is 5.88 Å². The molecule has 3 rings (SSSR count). The fraction of sp³-hybridized carbons (Fsp3) is 0.727. The number of aromatic nitrogens is 2. The van der Waals surface area contributed by atoms with Gasteiger partial charge in [-0.15, -0.1) is 0 Å². The Hall–Kier alpha value is -1.03. The van der Waals surface area contributed by atoms with Crippen molar-refractivity contribution in [1.29, 1.82) is 0 Å². The predicted molar refractivity (Wildman–Crippen MR) is 57.1 cm³/mol. The summed E-state index contributed by atoms with van der Waals surface area (Å²) >= 11 is 0. The first-order valence-electron chi connectivity index (χ1n) is 5.80. The third kappa shape index (κ3) is 1.44. The molecule has 1 atom stereocenters. The maximum absolute atomic E-state index is 5.81. The molecular weight excluding hydrogens is 190 g/mol. The van der Waals surface area contributed by atoms with Crippen LogP contribution in [0.5, 0.6) is 5.88 Å². The molecule has 2 aliphatic rings. The van der Waals surface area contributed by atoms with Gasteiger partial charge >= 0.3 is 0 Å². The van der Waals surface area contributed by atoms with Crippen LogP contribution in [0.25, 0.3) is 0 Å². The molecule has 1 aromatic heterocycles. The SMILES string of the molecule is CCc1cnn2c1OCC(N1CCC1)C2. The predicted octanol–water partition coefficient (Wildman–Crippen LogP) is 0.912. The minimum atomic E-state index is 0.538. The van der Waals surface area contributed by atoms with Gasteiger partial charge in [-0.2, -0.15) is 5.10 Å². The summed E-state index contributed by atoms with van der Waals surface area (Å²) in [6.45, 7) is 6.42. The van der Waals surface area contributed by atoms with Crippen LogP contribution in [-0.2, 0) is 13.0 Å². The van der Waals surface area contributed by atoms with Crippen LogP contribution in [0.4, 0.5) is 0 Å². The lowest BCUT2D eigenvalue weighted by Crippen LogP contribution is -2.51. The summed E-state index contributed by atoms with van der Waals surface area (Å²) in [4.78, 5) is 2.48. The van der Waals surface area contributed by atoms with Crippen molar-refractivity contribution in [2.75, 3.05) is 19.7 Å². The fourth-order valence-corrected chi connectivity index (χ4v) is 2.31. The van der Waals surface area contributed by atoms with Crippen LogP contribution in [0.15, 0.2) is 6.20 Å². The average Bonchev–Trinajstić information content (AvgIpc) is 2.57. The highest BCUT2D eigenvalue weighted by atomic mass is 16.5. The summed E-state index contributed by atoms with van der Waals surface area (Å²) in [5.74, 6) is 0.995. The van der Waals surface area contributed by atoms with Gasteiger partial charge in [0.1, 0.15) is 6.61 Å². The summed E-state index contributed by atoms with van der Waals surface area (Å²) in [5.41, 5.74) is 1.23. The van der Waals surface area contributed by atoms with Gasteiger partial charge in [-0.05, 0) is 25.9 Å². The van der Waals surface area contributed by atoms with E-state index >= 15 is 0 Å². The maximum Gasteiger partial charge on any atom is 0.215 e. The van der Waals surface area contributed by atoms with Crippen LogP contribution in [0.3, 0.4) is 0 Å². The van der Waals surface area contributed by atoms with Crippen LogP contribution < -0.4 is 4.74 Å². The van der Waals surface area contributed by atoms with Gasteiger partial charge in [-0.25, -0.2) is 4.68 Å². The van der Waals surface area contributed by atoms with Gasteiger partial charge in [-0.1, -0.05) is 6.92 Å². The molecule has 4 heteroatoms. The maximum atomic E-state index is 5.81. The number of aryl methyl sites for hydroxylation is 1. The molecule has 1 saturated heterocycles. The zero-order valence-corrected chi connectivity index (χ0v) is 9.15. The average molecular weight is 207 g/mol. The van der Waals surface area contributed by atoms with Crippen LogP contribution in [0.1, 0.15) is 18.9 Å². The van der Waals surface area contributed by atoms with Crippen molar-refractivity contribution in [2.45, 2.75) is 32.4 Å². The molecule has 3 heterocycles. The summed E-state index contributed by atoms with van der Waals surface area (Å²) in [7, 11) is 0. The number of rotatable bonds is 2. The zero-order valence-electron chi connectivity index (χ0n) is 9.15. The van der Waals surface area contributed by atoms with Gasteiger partial charge in [0.2, 0.25) is 5.88 Å². The molecule has 4 nitrogen and oxygen atoms in total. The van der Waals surface area contributed by atoms with Gasteiger partial charge in [0.25, 0.3) is 0 Å². The van der Waals surface area contributed by atoms with E-state index in [4.69, 9.17) is 4.74 Å². The minimum absolute atomic E-state index is 0.538. The number of fused-ring (bicyclic) bond motifs is 1. The van der Waals surface area contributed by atoms with E-state index in [1.54, 1.807) is 0 Å². The Kier molecular flexibility index (Phi) is 2.16. The van der Waals surface area contributed by atoms with Gasteiger partial charge in [0.15, 0.2) is 0 Å². The molecule has 1 unspecified atom stereocenters. The summed E-state index contributed by atoms with van der Waals surface area (Å²) in [6, 6.07) is 0.538. The first-order chi connectivity index (χ1) is 7.38. The van der Waals surface area contributed by atoms with Crippen molar-refractivity contribution in [2.24, 2.45) is 0 Å². The standard InChI is InChI=1S/C11H17N3O/c1-2-9-6-12-14-7-10(8-15-11(9)14)13-4-3-5-13/h6,10H,2-5,7-8H2,1H3. The molecule has 0 amide bonds. The molecule has 0 aromatic carbocycles. The molecule has 1 aromatic rings. The summed E-state index contributed by atoms with van der Waals surface area (Å²) in [5, 5.41) is 4.38. The molecular formula is C11H17N3O. The topological polar surface area (TPSA) is 30.3 Å². The lowest BCUT2D eigenvalue weighted by molar-refractivity contribution is 0.0427. The molecule has 0 radical (unpaired) electrons. The fourth-order valence-electron chi connectivity index (χ4n) is 2.31. The van der Waals surface area contributed by atoms with E-state index in [0.717, 1.165) is 25.5 Å². The summed E-state index contributed by atoms with van der Waals surface area (Å²) in [6.07, 6.45) is 4.28. The highest BCUT2D eigenvalue weighted by Crippen LogP contribution is 2.25. The Morgan fingerprint density at radius 3 is 3.07 bits per heavy atom. The summed E-state index contributed by atoms with van der Waals surface area (Å²) < 4.78 is 7.83. The molecule has 1 fully saturated rings. The Labute approximate surface area is 89.8 Å². The molecule has 0 N–H and O–H groups in total. The van der Waals surface area contributed by atoms with Crippen LogP contribution >= 0.6 is 0 Å². The van der Waals surface area contributed by atoms with E-state index in [0.29, 0.717) is 6.04 Å². The van der Waals surface area contributed by atoms with Crippen molar-refractivity contribution in [3.05, 3.63) is 11.8 Å². The van der Waals surface area contributed by atoms with Gasteiger partial charge in [0, 0.05) is 5.56 Å². The van der Waals surface area contributed by atoms with Gasteiger partial charge < -0.3 is 4.74 Å². The normalized spacial score (nSPS) is 25.5. The van der Waals surface area contributed by atoms with Crippen LogP contribution in [0.2, 0.25) is 0 Å². The van der Waals surface area contributed by atoms with E-state index in [1.165, 1.54) is 25.1 Å². The molecule has 0 saturated carbocycles. The lowest BCUT2D eigenvalue weighted by Gasteiger charge is -2.40. The third-order valence-corrected chi connectivity index (χ3v) is 3.45. The molecule has 15 heavy (non-hydrogen) atoms. The first-order valence-corrected chi connectivity index (χ1v) is 5.80.